The molecule has 2 aromatic rings. The Morgan fingerprint density at radius 3 is 2.76 bits per heavy atom. The van der Waals surface area contributed by atoms with Crippen molar-refractivity contribution in [3.8, 4) is 0 Å². The molecule has 0 fully saturated rings. The summed E-state index contributed by atoms with van der Waals surface area (Å²) in [4.78, 5) is 26.5. The van der Waals surface area contributed by atoms with Gasteiger partial charge in [-0.1, -0.05) is 18.2 Å². The van der Waals surface area contributed by atoms with Gasteiger partial charge in [-0.3, -0.25) is 4.98 Å². The van der Waals surface area contributed by atoms with E-state index < -0.39 is 18.1 Å². The van der Waals surface area contributed by atoms with Crippen LogP contribution in [0.25, 0.3) is 10.9 Å². The summed E-state index contributed by atoms with van der Waals surface area (Å²) in [7, 11) is 0. The molecule has 0 bridgehead atoms. The number of anilines is 1. The molecule has 1 aromatic carbocycles. The summed E-state index contributed by atoms with van der Waals surface area (Å²) >= 11 is 0. The Morgan fingerprint density at radius 2 is 2.05 bits per heavy atom. The summed E-state index contributed by atoms with van der Waals surface area (Å²) in [5.74, 6) is -1.39. The largest absolute Gasteiger partial charge is 0.479 e. The van der Waals surface area contributed by atoms with Crippen LogP contribution in [0.15, 0.2) is 30.3 Å². The monoisotopic (exact) mass is 289 g/mol. The van der Waals surface area contributed by atoms with Crippen molar-refractivity contribution in [2.24, 2.45) is 0 Å². The Labute approximate surface area is 120 Å². The number of para-hydroxylation sites is 1. The van der Waals surface area contributed by atoms with Gasteiger partial charge in [0.1, 0.15) is 0 Å². The molecule has 0 spiro atoms. The number of carbonyl (C=O) groups is 2. The van der Waals surface area contributed by atoms with Gasteiger partial charge >= 0.3 is 12.0 Å². The van der Waals surface area contributed by atoms with Crippen molar-refractivity contribution in [2.75, 3.05) is 11.9 Å². The molecule has 0 unspecified atom stereocenters. The number of nitrogens with zero attached hydrogens (tertiary/aromatic N) is 1. The third-order valence-corrected chi connectivity index (χ3v) is 2.85. The molecule has 7 nitrogen and oxygen atoms in total. The molecule has 0 saturated heterocycles. The summed E-state index contributed by atoms with van der Waals surface area (Å²) in [6.45, 7) is 1.47. The van der Waals surface area contributed by atoms with Crippen molar-refractivity contribution in [2.45, 2.75) is 13.0 Å². The van der Waals surface area contributed by atoms with Crippen molar-refractivity contribution in [3.05, 3.63) is 36.0 Å². The van der Waals surface area contributed by atoms with Gasteiger partial charge in [0.05, 0.1) is 17.7 Å². The lowest BCUT2D eigenvalue weighted by atomic mass is 10.2. The number of fused-ring (bicyclic) bond motifs is 1. The van der Waals surface area contributed by atoms with Gasteiger partial charge in [-0.2, -0.15) is 0 Å². The highest BCUT2D eigenvalue weighted by Crippen LogP contribution is 2.21. The first-order valence-corrected chi connectivity index (χ1v) is 6.29. The standard InChI is InChI=1S/C14H15N3O4/c1-8-5-6-9-3-2-4-10(12(9)16-8)17-14(21)15-7-11(18)13(19)20/h2-6,11,18H,7H2,1H3,(H,19,20)(H2,15,17,21)/t11-/m0/s1. The normalized spacial score (nSPS) is 11.9. The number of aliphatic hydroxyl groups is 1. The second-order valence-electron chi connectivity index (χ2n) is 4.52. The zero-order chi connectivity index (χ0) is 15.4. The van der Waals surface area contributed by atoms with E-state index >= 15 is 0 Å². The van der Waals surface area contributed by atoms with Crippen LogP contribution in [0.5, 0.6) is 0 Å². The molecular formula is C14H15N3O4. The molecule has 21 heavy (non-hydrogen) atoms. The first kappa shape index (κ1) is 14.7. The highest BCUT2D eigenvalue weighted by atomic mass is 16.4. The van der Waals surface area contributed by atoms with Crippen molar-refractivity contribution in [1.29, 1.82) is 0 Å². The minimum Gasteiger partial charge on any atom is -0.479 e. The number of nitrogens with one attached hydrogen (secondary N) is 2. The summed E-state index contributed by atoms with van der Waals surface area (Å²) < 4.78 is 0. The van der Waals surface area contributed by atoms with Crippen LogP contribution in [0, 0.1) is 6.92 Å². The van der Waals surface area contributed by atoms with Gasteiger partial charge in [-0.25, -0.2) is 9.59 Å². The number of rotatable bonds is 4. The van der Waals surface area contributed by atoms with Crippen LogP contribution in [0.2, 0.25) is 0 Å². The number of hydrogen-bond donors (Lipinski definition) is 4. The van der Waals surface area contributed by atoms with E-state index in [-0.39, 0.29) is 6.54 Å². The average molecular weight is 289 g/mol. The summed E-state index contributed by atoms with van der Waals surface area (Å²) in [6, 6.07) is 8.51. The van der Waals surface area contributed by atoms with Gasteiger partial charge in [-0.05, 0) is 19.1 Å². The fourth-order valence-corrected chi connectivity index (χ4v) is 1.79. The Hall–Kier alpha value is -2.67. The van der Waals surface area contributed by atoms with E-state index in [1.807, 2.05) is 25.1 Å². The SMILES string of the molecule is Cc1ccc2cccc(NC(=O)NC[C@H](O)C(=O)O)c2n1. The van der Waals surface area contributed by atoms with E-state index in [0.717, 1.165) is 11.1 Å². The minimum atomic E-state index is -1.64. The maximum atomic E-state index is 11.7. The molecule has 4 N–H and O–H groups in total. The Kier molecular flexibility index (Phi) is 4.34. The first-order chi connectivity index (χ1) is 9.97. The molecule has 0 aliphatic rings. The number of carboxylic acids is 1. The van der Waals surface area contributed by atoms with Crippen LogP contribution in [-0.2, 0) is 4.79 Å². The van der Waals surface area contributed by atoms with E-state index in [9.17, 15) is 9.59 Å². The lowest BCUT2D eigenvalue weighted by Crippen LogP contribution is -2.38. The Morgan fingerprint density at radius 1 is 1.29 bits per heavy atom. The third-order valence-electron chi connectivity index (χ3n) is 2.85. The lowest BCUT2D eigenvalue weighted by Gasteiger charge is -2.11. The summed E-state index contributed by atoms with van der Waals surface area (Å²) in [5, 5.41) is 23.4. The third kappa shape index (κ3) is 3.67. The summed E-state index contributed by atoms with van der Waals surface area (Å²) in [5.41, 5.74) is 1.98. The van der Waals surface area contributed by atoms with Crippen molar-refractivity contribution < 1.29 is 19.8 Å². The van der Waals surface area contributed by atoms with E-state index in [2.05, 4.69) is 15.6 Å². The number of carbonyl (C=O) groups excluding carboxylic acids is 1. The predicted molar refractivity (Wildman–Crippen MR) is 77.1 cm³/mol. The lowest BCUT2D eigenvalue weighted by molar-refractivity contribution is -0.146. The van der Waals surface area contributed by atoms with E-state index in [1.165, 1.54) is 0 Å². The number of aliphatic carboxylic acids is 1. The zero-order valence-electron chi connectivity index (χ0n) is 11.3. The van der Waals surface area contributed by atoms with E-state index in [1.54, 1.807) is 12.1 Å². The Bertz CT molecular complexity index is 687. The van der Waals surface area contributed by atoms with Gasteiger partial charge in [0, 0.05) is 11.1 Å². The second-order valence-corrected chi connectivity index (χ2v) is 4.52. The fraction of sp³-hybridized carbons (Fsp3) is 0.214. The maximum Gasteiger partial charge on any atom is 0.334 e. The molecule has 1 aromatic heterocycles. The molecule has 0 aliphatic carbocycles. The maximum absolute atomic E-state index is 11.7. The molecule has 7 heteroatoms. The molecule has 0 radical (unpaired) electrons. The van der Waals surface area contributed by atoms with Crippen LogP contribution < -0.4 is 10.6 Å². The molecule has 1 atom stereocenters. The number of benzene rings is 1. The molecule has 2 rings (SSSR count). The second kappa shape index (κ2) is 6.19. The van der Waals surface area contributed by atoms with Crippen LogP contribution in [-0.4, -0.2) is 39.8 Å². The topological polar surface area (TPSA) is 112 Å². The number of aliphatic hydroxyl groups excluding tert-OH is 1. The highest BCUT2D eigenvalue weighted by molar-refractivity contribution is 5.99. The number of amides is 2. The van der Waals surface area contributed by atoms with E-state index in [0.29, 0.717) is 11.2 Å². The number of urea groups is 1. The molecule has 110 valence electrons. The molecule has 1 heterocycles. The number of aromatic nitrogens is 1. The first-order valence-electron chi connectivity index (χ1n) is 6.29. The van der Waals surface area contributed by atoms with Crippen molar-refractivity contribution in [1.82, 2.24) is 10.3 Å². The minimum absolute atomic E-state index is 0.377. The zero-order valence-corrected chi connectivity index (χ0v) is 11.3. The number of pyridine rings is 1. The van der Waals surface area contributed by atoms with Crippen LogP contribution >= 0.6 is 0 Å². The number of carboxylic acid groups (broad SMARTS) is 1. The Balaban J connectivity index is 2.11. The van der Waals surface area contributed by atoms with Gasteiger partial charge in [0.2, 0.25) is 0 Å². The molecule has 0 saturated carbocycles. The van der Waals surface area contributed by atoms with Crippen molar-refractivity contribution >= 4 is 28.6 Å². The van der Waals surface area contributed by atoms with Crippen LogP contribution in [0.4, 0.5) is 10.5 Å². The fourth-order valence-electron chi connectivity index (χ4n) is 1.79. The smallest absolute Gasteiger partial charge is 0.334 e. The number of aryl methyl sites for hydroxylation is 1. The van der Waals surface area contributed by atoms with Gasteiger partial charge in [-0.15, -0.1) is 0 Å². The quantitative estimate of drug-likeness (QED) is 0.673. The molecular weight excluding hydrogens is 274 g/mol. The van der Waals surface area contributed by atoms with Gasteiger partial charge in [0.15, 0.2) is 6.10 Å². The average Bonchev–Trinajstić information content (AvgIpc) is 2.45. The predicted octanol–water partition coefficient (Wildman–Crippen LogP) is 1.11. The molecule has 0 aliphatic heterocycles. The van der Waals surface area contributed by atoms with E-state index in [4.69, 9.17) is 10.2 Å². The summed E-state index contributed by atoms with van der Waals surface area (Å²) in [6.07, 6.45) is -1.64. The van der Waals surface area contributed by atoms with Gasteiger partial charge in [0.25, 0.3) is 0 Å². The highest BCUT2D eigenvalue weighted by Gasteiger charge is 2.14. The van der Waals surface area contributed by atoms with Gasteiger partial charge < -0.3 is 20.8 Å². The van der Waals surface area contributed by atoms with Crippen LogP contribution in [0.1, 0.15) is 5.69 Å². The molecule has 2 amide bonds. The van der Waals surface area contributed by atoms with Crippen LogP contribution in [0.3, 0.4) is 0 Å². The van der Waals surface area contributed by atoms with Crippen molar-refractivity contribution in [3.63, 3.8) is 0 Å². The number of hydrogen-bond acceptors (Lipinski definition) is 4.